The quantitative estimate of drug-likeness (QED) is 0.877. The molecule has 2 atom stereocenters. The first kappa shape index (κ1) is 12.4. The Morgan fingerprint density at radius 1 is 1.29 bits per heavy atom. The van der Waals surface area contributed by atoms with E-state index in [1.165, 1.54) is 0 Å². The minimum Gasteiger partial charge on any atom is -0.381 e. The van der Waals surface area contributed by atoms with Crippen molar-refractivity contribution in [1.82, 2.24) is 0 Å². The number of hydrogen-bond donors (Lipinski definition) is 1. The molecule has 0 aromatic heterocycles. The minimum atomic E-state index is -3.13. The Balaban J connectivity index is 2.23. The molecule has 1 aliphatic rings. The van der Waals surface area contributed by atoms with E-state index in [9.17, 15) is 8.42 Å². The minimum absolute atomic E-state index is 0.146. The lowest BCUT2D eigenvalue weighted by Gasteiger charge is -2.11. The molecule has 0 radical (unpaired) electrons. The van der Waals surface area contributed by atoms with Gasteiger partial charge in [-0.3, -0.25) is 0 Å². The van der Waals surface area contributed by atoms with Gasteiger partial charge in [-0.1, -0.05) is 32.4 Å². The summed E-state index contributed by atoms with van der Waals surface area (Å²) >= 11 is 0. The molecule has 1 aliphatic carbocycles. The monoisotopic (exact) mass is 253 g/mol. The molecule has 4 heteroatoms. The number of hydrogen-bond acceptors (Lipinski definition) is 3. The topological polar surface area (TPSA) is 46.2 Å². The summed E-state index contributed by atoms with van der Waals surface area (Å²) in [5.74, 6) is 0.848. The molecule has 1 saturated carbocycles. The summed E-state index contributed by atoms with van der Waals surface area (Å²) in [7, 11) is -3.13. The molecule has 1 aromatic carbocycles. The van der Waals surface area contributed by atoms with Crippen LogP contribution in [0, 0.1) is 5.92 Å². The first-order valence-electron chi connectivity index (χ1n) is 6.16. The van der Waals surface area contributed by atoms with Crippen LogP contribution in [0.5, 0.6) is 0 Å². The lowest BCUT2D eigenvalue weighted by atomic mass is 10.3. The second-order valence-electron chi connectivity index (χ2n) is 4.55. The van der Waals surface area contributed by atoms with Crippen molar-refractivity contribution in [3.05, 3.63) is 24.3 Å². The van der Waals surface area contributed by atoms with Crippen LogP contribution in [0.3, 0.4) is 0 Å². The molecule has 2 unspecified atom stereocenters. The molecule has 94 valence electrons. The van der Waals surface area contributed by atoms with Crippen LogP contribution >= 0.6 is 0 Å². The van der Waals surface area contributed by atoms with Crippen LogP contribution in [0.25, 0.3) is 0 Å². The van der Waals surface area contributed by atoms with Crippen molar-refractivity contribution >= 4 is 15.5 Å². The van der Waals surface area contributed by atoms with E-state index in [2.05, 4.69) is 12.2 Å². The van der Waals surface area contributed by atoms with E-state index >= 15 is 0 Å². The molecule has 0 amide bonds. The third-order valence-electron chi connectivity index (χ3n) is 3.39. The Hall–Kier alpha value is -1.03. The lowest BCUT2D eigenvalue weighted by Crippen LogP contribution is -2.11. The summed E-state index contributed by atoms with van der Waals surface area (Å²) in [4.78, 5) is 0.434. The van der Waals surface area contributed by atoms with Crippen LogP contribution in [0.15, 0.2) is 29.2 Å². The molecular weight excluding hydrogens is 234 g/mol. The van der Waals surface area contributed by atoms with Crippen LogP contribution in [0.1, 0.15) is 26.7 Å². The van der Waals surface area contributed by atoms with Gasteiger partial charge in [0.15, 0.2) is 9.84 Å². The SMILES string of the molecule is CCC1CC1Nc1ccccc1S(=O)(=O)CC. The van der Waals surface area contributed by atoms with Gasteiger partial charge in [-0.25, -0.2) is 8.42 Å². The molecule has 17 heavy (non-hydrogen) atoms. The largest absolute Gasteiger partial charge is 0.381 e. The van der Waals surface area contributed by atoms with E-state index in [-0.39, 0.29) is 5.75 Å². The number of sulfone groups is 1. The summed E-state index contributed by atoms with van der Waals surface area (Å²) in [5.41, 5.74) is 0.760. The summed E-state index contributed by atoms with van der Waals surface area (Å²) in [5, 5.41) is 3.35. The fourth-order valence-corrected chi connectivity index (χ4v) is 3.15. The van der Waals surface area contributed by atoms with Crippen LogP contribution < -0.4 is 5.32 Å². The normalized spacial score (nSPS) is 23.4. The predicted molar refractivity (Wildman–Crippen MR) is 70.0 cm³/mol. The summed E-state index contributed by atoms with van der Waals surface area (Å²) in [6.07, 6.45) is 2.30. The Bertz CT molecular complexity index is 496. The molecule has 1 aromatic rings. The smallest absolute Gasteiger partial charge is 0.180 e. The van der Waals surface area contributed by atoms with E-state index < -0.39 is 9.84 Å². The van der Waals surface area contributed by atoms with Gasteiger partial charge in [0.05, 0.1) is 16.3 Å². The first-order valence-corrected chi connectivity index (χ1v) is 7.82. The van der Waals surface area contributed by atoms with Gasteiger partial charge in [0.2, 0.25) is 0 Å². The fourth-order valence-electron chi connectivity index (χ4n) is 2.09. The lowest BCUT2D eigenvalue weighted by molar-refractivity contribution is 0.597. The molecule has 0 heterocycles. The number of rotatable bonds is 5. The number of benzene rings is 1. The van der Waals surface area contributed by atoms with Crippen LogP contribution in [0.4, 0.5) is 5.69 Å². The zero-order chi connectivity index (χ0) is 12.5. The maximum atomic E-state index is 11.9. The number of nitrogens with one attached hydrogen (secondary N) is 1. The second-order valence-corrected chi connectivity index (χ2v) is 6.80. The van der Waals surface area contributed by atoms with Gasteiger partial charge in [-0.2, -0.15) is 0 Å². The average molecular weight is 253 g/mol. The van der Waals surface area contributed by atoms with Gasteiger partial charge in [0, 0.05) is 6.04 Å². The van der Waals surface area contributed by atoms with Crippen molar-refractivity contribution in [3.63, 3.8) is 0 Å². The van der Waals surface area contributed by atoms with E-state index in [0.29, 0.717) is 16.9 Å². The maximum absolute atomic E-state index is 11.9. The summed E-state index contributed by atoms with van der Waals surface area (Å²) in [6, 6.07) is 7.64. The second kappa shape index (κ2) is 4.69. The Morgan fingerprint density at radius 3 is 2.59 bits per heavy atom. The summed E-state index contributed by atoms with van der Waals surface area (Å²) in [6.45, 7) is 3.85. The van der Waals surface area contributed by atoms with Gasteiger partial charge < -0.3 is 5.32 Å². The van der Waals surface area contributed by atoms with Crippen molar-refractivity contribution < 1.29 is 8.42 Å². The van der Waals surface area contributed by atoms with Crippen LogP contribution in [-0.4, -0.2) is 20.2 Å². The highest BCUT2D eigenvalue weighted by atomic mass is 32.2. The number of anilines is 1. The molecule has 0 saturated heterocycles. The Kier molecular flexibility index (Phi) is 3.43. The molecule has 2 rings (SSSR count). The third kappa shape index (κ3) is 2.63. The molecule has 1 N–H and O–H groups in total. The maximum Gasteiger partial charge on any atom is 0.180 e. The molecule has 0 aliphatic heterocycles. The zero-order valence-electron chi connectivity index (χ0n) is 10.3. The van der Waals surface area contributed by atoms with Gasteiger partial charge in [-0.05, 0) is 24.5 Å². The van der Waals surface area contributed by atoms with Crippen LogP contribution in [-0.2, 0) is 9.84 Å². The number of para-hydroxylation sites is 1. The van der Waals surface area contributed by atoms with Gasteiger partial charge in [0.1, 0.15) is 0 Å². The molecule has 3 nitrogen and oxygen atoms in total. The third-order valence-corrected chi connectivity index (χ3v) is 5.18. The van der Waals surface area contributed by atoms with Gasteiger partial charge in [0.25, 0.3) is 0 Å². The first-order chi connectivity index (χ1) is 8.08. The standard InChI is InChI=1S/C13H19NO2S/c1-3-10-9-12(10)14-11-7-5-6-8-13(11)17(15,16)4-2/h5-8,10,12,14H,3-4,9H2,1-2H3. The Morgan fingerprint density at radius 2 is 2.00 bits per heavy atom. The highest BCUT2D eigenvalue weighted by Gasteiger charge is 2.35. The zero-order valence-corrected chi connectivity index (χ0v) is 11.1. The van der Waals surface area contributed by atoms with Crippen LogP contribution in [0.2, 0.25) is 0 Å². The summed E-state index contributed by atoms with van der Waals surface area (Å²) < 4.78 is 23.9. The Labute approximate surface area is 103 Å². The van der Waals surface area contributed by atoms with Crippen molar-refractivity contribution in [2.24, 2.45) is 5.92 Å². The average Bonchev–Trinajstić information content (AvgIpc) is 3.08. The van der Waals surface area contributed by atoms with Gasteiger partial charge >= 0.3 is 0 Å². The van der Waals surface area contributed by atoms with E-state index in [0.717, 1.165) is 18.5 Å². The molecular formula is C13H19NO2S. The highest BCUT2D eigenvalue weighted by Crippen LogP contribution is 2.37. The van der Waals surface area contributed by atoms with Crippen molar-refractivity contribution in [3.8, 4) is 0 Å². The van der Waals surface area contributed by atoms with E-state index in [1.807, 2.05) is 12.1 Å². The van der Waals surface area contributed by atoms with Crippen molar-refractivity contribution in [2.45, 2.75) is 37.6 Å². The van der Waals surface area contributed by atoms with Crippen molar-refractivity contribution in [2.75, 3.05) is 11.1 Å². The van der Waals surface area contributed by atoms with Crippen molar-refractivity contribution in [1.29, 1.82) is 0 Å². The van der Waals surface area contributed by atoms with E-state index in [1.54, 1.807) is 19.1 Å². The predicted octanol–water partition coefficient (Wildman–Crippen LogP) is 2.69. The molecule has 0 spiro atoms. The molecule has 1 fully saturated rings. The van der Waals surface area contributed by atoms with E-state index in [4.69, 9.17) is 0 Å². The highest BCUT2D eigenvalue weighted by molar-refractivity contribution is 7.91. The fraction of sp³-hybridized carbons (Fsp3) is 0.538. The molecule has 0 bridgehead atoms. The van der Waals surface area contributed by atoms with Gasteiger partial charge in [-0.15, -0.1) is 0 Å².